The first-order valence-electron chi connectivity index (χ1n) is 5.28. The first kappa shape index (κ1) is 11.3. The zero-order chi connectivity index (χ0) is 11.6. The zero-order valence-corrected chi connectivity index (χ0v) is 10.0. The number of amides is 1. The summed E-state index contributed by atoms with van der Waals surface area (Å²) in [5, 5.41) is 12.2. The Kier molecular flexibility index (Phi) is 3.10. The number of hydrogen-bond donors (Lipinski definition) is 2. The molecule has 0 radical (unpaired) electrons. The van der Waals surface area contributed by atoms with Crippen molar-refractivity contribution in [3.63, 3.8) is 0 Å². The highest BCUT2D eigenvalue weighted by Gasteiger charge is 2.41. The summed E-state index contributed by atoms with van der Waals surface area (Å²) >= 11 is 1.81. The van der Waals surface area contributed by atoms with Gasteiger partial charge >= 0.3 is 0 Å². The largest absolute Gasteiger partial charge is 0.508 e. The molecule has 2 N–H and O–H groups in total. The number of phenols is 1. The van der Waals surface area contributed by atoms with Crippen LogP contribution in [0.25, 0.3) is 0 Å². The molecule has 1 aliphatic rings. The Bertz CT molecular complexity index is 402. The lowest BCUT2D eigenvalue weighted by molar-refractivity contribution is 0.0952. The minimum Gasteiger partial charge on any atom is -0.508 e. The molecule has 0 heterocycles. The lowest BCUT2D eigenvalue weighted by Gasteiger charge is -2.12. The first-order chi connectivity index (χ1) is 7.65. The van der Waals surface area contributed by atoms with Crippen LogP contribution >= 0.6 is 11.8 Å². The van der Waals surface area contributed by atoms with Gasteiger partial charge in [-0.3, -0.25) is 4.79 Å². The number of carbonyl (C=O) groups excluding carboxylic acids is 1. The molecule has 2 rings (SSSR count). The van der Waals surface area contributed by atoms with Gasteiger partial charge in [-0.25, -0.2) is 0 Å². The molecule has 1 fully saturated rings. The van der Waals surface area contributed by atoms with E-state index in [0.29, 0.717) is 12.1 Å². The van der Waals surface area contributed by atoms with Crippen LogP contribution in [0.2, 0.25) is 0 Å². The molecular weight excluding hydrogens is 222 g/mol. The van der Waals surface area contributed by atoms with Crippen molar-refractivity contribution in [1.29, 1.82) is 0 Å². The summed E-state index contributed by atoms with van der Waals surface area (Å²) in [5.41, 5.74) is 0.511. The third kappa shape index (κ3) is 2.50. The SMILES string of the molecule is CSC1(CNC(=O)c2cccc(O)c2)CC1. The fraction of sp³-hybridized carbons (Fsp3) is 0.417. The van der Waals surface area contributed by atoms with Gasteiger partial charge in [-0.2, -0.15) is 11.8 Å². The fourth-order valence-electron chi connectivity index (χ4n) is 1.58. The molecule has 4 heteroatoms. The topological polar surface area (TPSA) is 49.3 Å². The molecule has 3 nitrogen and oxygen atoms in total. The Morgan fingerprint density at radius 2 is 2.31 bits per heavy atom. The number of hydrogen-bond acceptors (Lipinski definition) is 3. The molecule has 0 aromatic heterocycles. The van der Waals surface area contributed by atoms with Crippen molar-refractivity contribution in [1.82, 2.24) is 5.32 Å². The highest BCUT2D eigenvalue weighted by atomic mass is 32.2. The number of thioether (sulfide) groups is 1. The Morgan fingerprint density at radius 3 is 2.88 bits per heavy atom. The van der Waals surface area contributed by atoms with E-state index in [1.807, 2.05) is 11.8 Å². The summed E-state index contributed by atoms with van der Waals surface area (Å²) in [6.45, 7) is 0.711. The lowest BCUT2D eigenvalue weighted by atomic mass is 10.2. The van der Waals surface area contributed by atoms with Crippen LogP contribution in [-0.2, 0) is 0 Å². The predicted molar refractivity (Wildman–Crippen MR) is 65.9 cm³/mol. The van der Waals surface area contributed by atoms with Gasteiger partial charge in [0.25, 0.3) is 5.91 Å². The van der Waals surface area contributed by atoms with E-state index in [1.165, 1.54) is 18.9 Å². The standard InChI is InChI=1S/C12H15NO2S/c1-16-12(5-6-12)8-13-11(15)9-3-2-4-10(14)7-9/h2-4,7,14H,5-6,8H2,1H3,(H,13,15). The lowest BCUT2D eigenvalue weighted by Crippen LogP contribution is -2.31. The van der Waals surface area contributed by atoms with Crippen LogP contribution in [0.5, 0.6) is 5.75 Å². The van der Waals surface area contributed by atoms with Gasteiger partial charge in [-0.1, -0.05) is 6.07 Å². The molecule has 0 bridgehead atoms. The summed E-state index contributed by atoms with van der Waals surface area (Å²) in [6.07, 6.45) is 4.43. The molecule has 86 valence electrons. The maximum absolute atomic E-state index is 11.8. The van der Waals surface area contributed by atoms with E-state index in [1.54, 1.807) is 18.2 Å². The number of phenolic OH excluding ortho intramolecular Hbond substituents is 1. The summed E-state index contributed by atoms with van der Waals surface area (Å²) in [4.78, 5) is 11.8. The van der Waals surface area contributed by atoms with E-state index < -0.39 is 0 Å². The molecular formula is C12H15NO2S. The normalized spacial score (nSPS) is 16.8. The van der Waals surface area contributed by atoms with Gasteiger partial charge in [0.2, 0.25) is 0 Å². The summed E-state index contributed by atoms with van der Waals surface area (Å²) in [5.74, 6) is 0.00915. The number of nitrogens with one attached hydrogen (secondary N) is 1. The minimum absolute atomic E-state index is 0.115. The molecule has 0 unspecified atom stereocenters. The van der Waals surface area contributed by atoms with Crippen molar-refractivity contribution in [2.75, 3.05) is 12.8 Å². The first-order valence-corrected chi connectivity index (χ1v) is 6.50. The molecule has 0 aliphatic heterocycles. The second-order valence-electron chi connectivity index (χ2n) is 4.12. The molecule has 1 amide bonds. The molecule has 1 aliphatic carbocycles. The average Bonchev–Trinajstić information content (AvgIpc) is 3.07. The zero-order valence-electron chi connectivity index (χ0n) is 9.19. The van der Waals surface area contributed by atoms with Crippen LogP contribution < -0.4 is 5.32 Å². The maximum atomic E-state index is 11.8. The van der Waals surface area contributed by atoms with E-state index in [-0.39, 0.29) is 16.4 Å². The third-order valence-corrected chi connectivity index (χ3v) is 4.34. The quantitative estimate of drug-likeness (QED) is 0.842. The molecule has 16 heavy (non-hydrogen) atoms. The highest BCUT2D eigenvalue weighted by molar-refractivity contribution is 8.00. The minimum atomic E-state index is -0.115. The number of rotatable bonds is 4. The fourth-order valence-corrected chi connectivity index (χ4v) is 2.31. The Balaban J connectivity index is 1.93. The van der Waals surface area contributed by atoms with Gasteiger partial charge in [-0.05, 0) is 37.3 Å². The molecule has 0 atom stereocenters. The smallest absolute Gasteiger partial charge is 0.251 e. The molecule has 0 spiro atoms. The third-order valence-electron chi connectivity index (χ3n) is 2.92. The van der Waals surface area contributed by atoms with Crippen molar-refractivity contribution in [2.24, 2.45) is 0 Å². The second-order valence-corrected chi connectivity index (χ2v) is 5.39. The van der Waals surface area contributed by atoms with Gasteiger partial charge < -0.3 is 10.4 Å². The molecule has 1 aromatic rings. The van der Waals surface area contributed by atoms with Gasteiger partial charge in [0.1, 0.15) is 5.75 Å². The number of carbonyl (C=O) groups is 1. The van der Waals surface area contributed by atoms with Gasteiger partial charge in [-0.15, -0.1) is 0 Å². The van der Waals surface area contributed by atoms with Gasteiger partial charge in [0.15, 0.2) is 0 Å². The van der Waals surface area contributed by atoms with Crippen LogP contribution in [0, 0.1) is 0 Å². The van der Waals surface area contributed by atoms with Crippen LogP contribution in [0.4, 0.5) is 0 Å². The Morgan fingerprint density at radius 1 is 1.56 bits per heavy atom. The monoisotopic (exact) mass is 237 g/mol. The Labute approximate surface area is 99.2 Å². The maximum Gasteiger partial charge on any atom is 0.251 e. The number of benzene rings is 1. The van der Waals surface area contributed by atoms with E-state index in [2.05, 4.69) is 11.6 Å². The van der Waals surface area contributed by atoms with Crippen LogP contribution in [0.15, 0.2) is 24.3 Å². The van der Waals surface area contributed by atoms with Crippen molar-refractivity contribution in [3.8, 4) is 5.75 Å². The van der Waals surface area contributed by atoms with E-state index >= 15 is 0 Å². The molecule has 1 aromatic carbocycles. The van der Waals surface area contributed by atoms with E-state index in [0.717, 1.165) is 0 Å². The second kappa shape index (κ2) is 4.37. The molecule has 0 saturated heterocycles. The van der Waals surface area contributed by atoms with Gasteiger partial charge in [0, 0.05) is 16.9 Å². The van der Waals surface area contributed by atoms with Crippen LogP contribution in [-0.4, -0.2) is 28.6 Å². The van der Waals surface area contributed by atoms with Crippen molar-refractivity contribution < 1.29 is 9.90 Å². The summed E-state index contributed by atoms with van der Waals surface area (Å²) in [7, 11) is 0. The van der Waals surface area contributed by atoms with Crippen molar-refractivity contribution in [2.45, 2.75) is 17.6 Å². The van der Waals surface area contributed by atoms with Crippen LogP contribution in [0.1, 0.15) is 23.2 Å². The van der Waals surface area contributed by atoms with Crippen molar-refractivity contribution in [3.05, 3.63) is 29.8 Å². The van der Waals surface area contributed by atoms with Gasteiger partial charge in [0.05, 0.1) is 0 Å². The van der Waals surface area contributed by atoms with E-state index in [4.69, 9.17) is 0 Å². The van der Waals surface area contributed by atoms with E-state index in [9.17, 15) is 9.90 Å². The Hall–Kier alpha value is -1.16. The average molecular weight is 237 g/mol. The summed E-state index contributed by atoms with van der Waals surface area (Å²) < 4.78 is 0.270. The van der Waals surface area contributed by atoms with Crippen molar-refractivity contribution >= 4 is 17.7 Å². The van der Waals surface area contributed by atoms with Crippen LogP contribution in [0.3, 0.4) is 0 Å². The number of aromatic hydroxyl groups is 1. The molecule has 1 saturated carbocycles. The highest BCUT2D eigenvalue weighted by Crippen LogP contribution is 2.46. The predicted octanol–water partition coefficient (Wildman–Crippen LogP) is 2.02. The summed E-state index contributed by atoms with van der Waals surface area (Å²) in [6, 6.07) is 6.41.